The van der Waals surface area contributed by atoms with Crippen molar-refractivity contribution in [2.24, 2.45) is 0 Å². The molecule has 0 fully saturated rings. The number of nitrogens with zero attached hydrogens (tertiary/aromatic N) is 1. The molecule has 6 heteroatoms. The van der Waals surface area contributed by atoms with E-state index in [1.54, 1.807) is 12.1 Å². The summed E-state index contributed by atoms with van der Waals surface area (Å²) in [5, 5.41) is 2.67. The molecule has 4 nitrogen and oxygen atoms in total. The summed E-state index contributed by atoms with van der Waals surface area (Å²) in [6, 6.07) is 14.1. The number of amides is 1. The van der Waals surface area contributed by atoms with Crippen molar-refractivity contribution in [2.75, 3.05) is 13.2 Å². The van der Waals surface area contributed by atoms with E-state index < -0.39 is 11.6 Å². The minimum absolute atomic E-state index is 0.0655. The third-order valence-electron chi connectivity index (χ3n) is 3.69. The average Bonchev–Trinajstić information content (AvgIpc) is 3.21. The van der Waals surface area contributed by atoms with Crippen LogP contribution in [-0.2, 0) is 0 Å². The second kappa shape index (κ2) is 8.68. The Kier molecular flexibility index (Phi) is 5.85. The summed E-state index contributed by atoms with van der Waals surface area (Å²) in [5.41, 5.74) is 1.49. The predicted octanol–water partition coefficient (Wildman–Crippen LogP) is 3.57. The first-order chi connectivity index (χ1) is 13.1. The maximum Gasteiger partial charge on any atom is 0.252 e. The van der Waals surface area contributed by atoms with Crippen LogP contribution in [0.3, 0.4) is 0 Å². The fourth-order valence-corrected chi connectivity index (χ4v) is 2.34. The molecule has 2 aromatic carbocycles. The first-order valence-electron chi connectivity index (χ1n) is 8.18. The van der Waals surface area contributed by atoms with Crippen LogP contribution in [0.15, 0.2) is 67.0 Å². The maximum absolute atomic E-state index is 13.4. The van der Waals surface area contributed by atoms with Gasteiger partial charge in [0.05, 0.1) is 6.54 Å². The smallest absolute Gasteiger partial charge is 0.252 e. The van der Waals surface area contributed by atoms with Crippen molar-refractivity contribution in [2.45, 2.75) is 0 Å². The van der Waals surface area contributed by atoms with E-state index in [1.807, 2.05) is 41.2 Å². The minimum atomic E-state index is -0.784. The third-order valence-corrected chi connectivity index (χ3v) is 3.69. The molecule has 0 radical (unpaired) electrons. The summed E-state index contributed by atoms with van der Waals surface area (Å²) in [6.07, 6.45) is 3.84. The van der Waals surface area contributed by atoms with Crippen LogP contribution < -0.4 is 10.1 Å². The Labute approximate surface area is 155 Å². The molecule has 27 heavy (non-hydrogen) atoms. The van der Waals surface area contributed by atoms with E-state index in [-0.39, 0.29) is 24.8 Å². The van der Waals surface area contributed by atoms with Gasteiger partial charge < -0.3 is 14.6 Å². The van der Waals surface area contributed by atoms with Gasteiger partial charge in [-0.1, -0.05) is 11.8 Å². The van der Waals surface area contributed by atoms with E-state index in [1.165, 1.54) is 6.07 Å². The second-order valence-corrected chi connectivity index (χ2v) is 5.54. The lowest BCUT2D eigenvalue weighted by Gasteiger charge is -2.05. The highest BCUT2D eigenvalue weighted by Crippen LogP contribution is 2.17. The van der Waals surface area contributed by atoms with E-state index in [9.17, 15) is 13.6 Å². The first kappa shape index (κ1) is 18.2. The molecule has 0 saturated carbocycles. The van der Waals surface area contributed by atoms with Gasteiger partial charge in [-0.15, -0.1) is 0 Å². The molecule has 1 heterocycles. The van der Waals surface area contributed by atoms with E-state index in [0.29, 0.717) is 5.56 Å². The van der Waals surface area contributed by atoms with Gasteiger partial charge in [0, 0.05) is 29.7 Å². The molecule has 0 aliphatic heterocycles. The van der Waals surface area contributed by atoms with Crippen molar-refractivity contribution in [3.63, 3.8) is 0 Å². The van der Waals surface area contributed by atoms with Crippen molar-refractivity contribution in [3.05, 3.63) is 84.2 Å². The van der Waals surface area contributed by atoms with Crippen LogP contribution in [0.25, 0.3) is 5.69 Å². The lowest BCUT2D eigenvalue weighted by molar-refractivity contribution is 0.0958. The van der Waals surface area contributed by atoms with Crippen LogP contribution in [0.1, 0.15) is 10.4 Å². The standard InChI is InChI=1S/C21H16F2N2O2/c22-17-7-10-20(19(23)15-17)27-14-4-1-11-24-21(26)16-5-8-18(9-6-16)25-12-2-3-13-25/h2-3,5-10,12-13,15H,11,14H2,(H,24,26). The molecule has 0 bridgehead atoms. The Morgan fingerprint density at radius 3 is 2.48 bits per heavy atom. The highest BCUT2D eigenvalue weighted by Gasteiger charge is 2.05. The lowest BCUT2D eigenvalue weighted by Crippen LogP contribution is -2.23. The monoisotopic (exact) mass is 366 g/mol. The number of benzene rings is 2. The van der Waals surface area contributed by atoms with Gasteiger partial charge in [-0.25, -0.2) is 8.78 Å². The van der Waals surface area contributed by atoms with Gasteiger partial charge in [-0.05, 0) is 48.5 Å². The molecule has 3 rings (SSSR count). The number of aromatic nitrogens is 1. The number of hydrogen-bond donors (Lipinski definition) is 1. The Morgan fingerprint density at radius 1 is 1.04 bits per heavy atom. The molecule has 136 valence electrons. The fraction of sp³-hybridized carbons (Fsp3) is 0.0952. The Balaban J connectivity index is 1.45. The van der Waals surface area contributed by atoms with E-state index >= 15 is 0 Å². The third kappa shape index (κ3) is 4.95. The quantitative estimate of drug-likeness (QED) is 0.702. The highest BCUT2D eigenvalue weighted by atomic mass is 19.1. The van der Waals surface area contributed by atoms with Gasteiger partial charge in [0.2, 0.25) is 0 Å². The molecule has 0 spiro atoms. The second-order valence-electron chi connectivity index (χ2n) is 5.54. The fourth-order valence-electron chi connectivity index (χ4n) is 2.34. The number of ether oxygens (including phenoxy) is 1. The molecule has 1 N–H and O–H groups in total. The van der Waals surface area contributed by atoms with E-state index in [2.05, 4.69) is 17.2 Å². The maximum atomic E-state index is 13.4. The number of carbonyl (C=O) groups excluding carboxylic acids is 1. The summed E-state index contributed by atoms with van der Waals surface area (Å²) < 4.78 is 33.2. The number of nitrogens with one attached hydrogen (secondary N) is 1. The number of hydrogen-bond acceptors (Lipinski definition) is 2. The van der Waals surface area contributed by atoms with Gasteiger partial charge in [-0.3, -0.25) is 4.79 Å². The predicted molar refractivity (Wildman–Crippen MR) is 97.7 cm³/mol. The Hall–Kier alpha value is -3.59. The summed E-state index contributed by atoms with van der Waals surface area (Å²) in [6.45, 7) is 0.0669. The van der Waals surface area contributed by atoms with Crippen LogP contribution >= 0.6 is 0 Å². The minimum Gasteiger partial charge on any atom is -0.478 e. The molecule has 0 aliphatic rings. The molecule has 1 aromatic heterocycles. The van der Waals surface area contributed by atoms with Crippen LogP contribution in [0.2, 0.25) is 0 Å². The van der Waals surface area contributed by atoms with Gasteiger partial charge in [0.1, 0.15) is 12.4 Å². The van der Waals surface area contributed by atoms with Crippen LogP contribution in [0.4, 0.5) is 8.78 Å². The highest BCUT2D eigenvalue weighted by molar-refractivity contribution is 5.94. The van der Waals surface area contributed by atoms with Crippen molar-refractivity contribution in [3.8, 4) is 23.3 Å². The Bertz CT molecular complexity index is 972. The lowest BCUT2D eigenvalue weighted by atomic mass is 10.2. The van der Waals surface area contributed by atoms with E-state index in [0.717, 1.165) is 17.8 Å². The Morgan fingerprint density at radius 2 is 1.78 bits per heavy atom. The zero-order chi connectivity index (χ0) is 19.1. The van der Waals surface area contributed by atoms with Crippen molar-refractivity contribution in [1.82, 2.24) is 9.88 Å². The average molecular weight is 366 g/mol. The van der Waals surface area contributed by atoms with Gasteiger partial charge in [-0.2, -0.15) is 0 Å². The van der Waals surface area contributed by atoms with Crippen molar-refractivity contribution in [1.29, 1.82) is 0 Å². The molecule has 3 aromatic rings. The summed E-state index contributed by atoms with van der Waals surface area (Å²) >= 11 is 0. The van der Waals surface area contributed by atoms with Crippen LogP contribution in [0, 0.1) is 23.5 Å². The van der Waals surface area contributed by atoms with Crippen LogP contribution in [-0.4, -0.2) is 23.6 Å². The number of rotatable bonds is 5. The molecular weight excluding hydrogens is 350 g/mol. The normalized spacial score (nSPS) is 10.0. The zero-order valence-corrected chi connectivity index (χ0v) is 14.3. The van der Waals surface area contributed by atoms with Gasteiger partial charge >= 0.3 is 0 Å². The van der Waals surface area contributed by atoms with Crippen LogP contribution in [0.5, 0.6) is 5.75 Å². The molecule has 1 amide bonds. The topological polar surface area (TPSA) is 43.3 Å². The molecule has 0 saturated heterocycles. The van der Waals surface area contributed by atoms with Crippen molar-refractivity contribution < 1.29 is 18.3 Å². The van der Waals surface area contributed by atoms with E-state index in [4.69, 9.17) is 4.74 Å². The summed E-state index contributed by atoms with van der Waals surface area (Å²) in [7, 11) is 0. The largest absolute Gasteiger partial charge is 0.478 e. The summed E-state index contributed by atoms with van der Waals surface area (Å²) in [4.78, 5) is 12.1. The molecule has 0 atom stereocenters. The van der Waals surface area contributed by atoms with Gasteiger partial charge in [0.15, 0.2) is 11.6 Å². The molecule has 0 aliphatic carbocycles. The zero-order valence-electron chi connectivity index (χ0n) is 14.3. The SMILES string of the molecule is O=C(NCC#CCOc1ccc(F)cc1F)c1ccc(-n2cccc2)cc1. The first-order valence-corrected chi connectivity index (χ1v) is 8.18. The number of carbonyl (C=O) groups is 1. The summed E-state index contributed by atoms with van der Waals surface area (Å²) in [5.74, 6) is 3.60. The molecule has 0 unspecified atom stereocenters. The number of halogens is 2. The molecular formula is C21H16F2N2O2. The van der Waals surface area contributed by atoms with Crippen molar-refractivity contribution >= 4 is 5.91 Å². The van der Waals surface area contributed by atoms with Gasteiger partial charge in [0.25, 0.3) is 5.91 Å².